The van der Waals surface area contributed by atoms with E-state index in [4.69, 9.17) is 0 Å². The quantitative estimate of drug-likeness (QED) is 0.199. The van der Waals surface area contributed by atoms with E-state index in [1.807, 2.05) is 42.5 Å². The highest BCUT2D eigenvalue weighted by Crippen LogP contribution is 2.43. The van der Waals surface area contributed by atoms with Gasteiger partial charge in [-0.3, -0.25) is 0 Å². The van der Waals surface area contributed by atoms with Crippen LogP contribution in [0.3, 0.4) is 0 Å². The monoisotopic (exact) mass is 610 g/mol. The highest BCUT2D eigenvalue weighted by Gasteiger charge is 2.20. The Hall–Kier alpha value is -6.88. The van der Waals surface area contributed by atoms with Crippen LogP contribution < -0.4 is 0 Å². The molecule has 9 aromatic rings. The van der Waals surface area contributed by atoms with Gasteiger partial charge in [0.1, 0.15) is 6.07 Å². The normalized spacial score (nSPS) is 11.3. The number of hydrogen-bond acceptors (Lipinski definition) is 2. The Morgan fingerprint density at radius 3 is 1.96 bits per heavy atom. The standard InChI is InChI=1S/C44H26N4/c45-27-29-21-24-42-39(25-29)36-23-22-30(26-43(36)48(42)40-19-8-4-11-31(40)28-46)33-14-5-6-15-34(33)37-17-10-18-38-35-16-7-9-20-41(35)47(44(37)38)32-12-2-1-3-13-32/h1-26H. The lowest BCUT2D eigenvalue weighted by Crippen LogP contribution is -1.97. The molecule has 0 N–H and O–H groups in total. The minimum Gasteiger partial charge on any atom is -0.309 e. The molecule has 0 aliphatic heterocycles. The number of nitriles is 2. The molecule has 0 aliphatic rings. The van der Waals surface area contributed by atoms with Crippen molar-refractivity contribution in [1.29, 1.82) is 10.5 Å². The van der Waals surface area contributed by atoms with Gasteiger partial charge >= 0.3 is 0 Å². The van der Waals surface area contributed by atoms with Gasteiger partial charge in [-0.25, -0.2) is 0 Å². The Labute approximate surface area is 277 Å². The third-order valence-electron chi connectivity index (χ3n) is 9.40. The van der Waals surface area contributed by atoms with Gasteiger partial charge < -0.3 is 9.13 Å². The molecule has 7 aromatic carbocycles. The lowest BCUT2D eigenvalue weighted by atomic mass is 9.92. The van der Waals surface area contributed by atoms with Gasteiger partial charge in [0, 0.05) is 32.8 Å². The molecular weight excluding hydrogens is 585 g/mol. The van der Waals surface area contributed by atoms with E-state index in [-0.39, 0.29) is 0 Å². The zero-order valence-corrected chi connectivity index (χ0v) is 25.8. The summed E-state index contributed by atoms with van der Waals surface area (Å²) in [4.78, 5) is 0. The Kier molecular flexibility index (Phi) is 6.22. The maximum absolute atomic E-state index is 10.1. The predicted molar refractivity (Wildman–Crippen MR) is 195 cm³/mol. The molecule has 4 nitrogen and oxygen atoms in total. The highest BCUT2D eigenvalue weighted by molar-refractivity contribution is 6.15. The number of nitrogens with zero attached hydrogens (tertiary/aromatic N) is 4. The summed E-state index contributed by atoms with van der Waals surface area (Å²) >= 11 is 0. The first kappa shape index (κ1) is 27.4. The zero-order valence-electron chi connectivity index (χ0n) is 25.8. The van der Waals surface area contributed by atoms with Gasteiger partial charge in [0.15, 0.2) is 0 Å². The van der Waals surface area contributed by atoms with Crippen LogP contribution in [0.1, 0.15) is 11.1 Å². The Bertz CT molecular complexity index is 2800. The molecule has 0 atom stereocenters. The highest BCUT2D eigenvalue weighted by atomic mass is 15.0. The fraction of sp³-hybridized carbons (Fsp3) is 0. The van der Waals surface area contributed by atoms with Gasteiger partial charge in [-0.2, -0.15) is 10.5 Å². The molecule has 2 aromatic heterocycles. The Balaban J connectivity index is 1.34. The first-order valence-corrected chi connectivity index (χ1v) is 15.9. The summed E-state index contributed by atoms with van der Waals surface area (Å²) in [5, 5.41) is 24.2. The van der Waals surface area contributed by atoms with Crippen molar-refractivity contribution < 1.29 is 0 Å². The van der Waals surface area contributed by atoms with Gasteiger partial charge in [-0.15, -0.1) is 0 Å². The van der Waals surface area contributed by atoms with Crippen LogP contribution in [0.2, 0.25) is 0 Å². The molecule has 222 valence electrons. The predicted octanol–water partition coefficient (Wildman–Crippen LogP) is 11.0. The molecule has 0 radical (unpaired) electrons. The lowest BCUT2D eigenvalue weighted by Gasteiger charge is -2.15. The van der Waals surface area contributed by atoms with Crippen molar-refractivity contribution in [2.45, 2.75) is 0 Å². The first-order chi connectivity index (χ1) is 23.7. The molecular formula is C44H26N4. The minimum atomic E-state index is 0.590. The molecule has 0 aliphatic carbocycles. The number of aromatic nitrogens is 2. The van der Waals surface area contributed by atoms with Gasteiger partial charge in [0.05, 0.1) is 45.0 Å². The number of rotatable bonds is 4. The second kappa shape index (κ2) is 10.9. The van der Waals surface area contributed by atoms with Crippen LogP contribution in [0, 0.1) is 22.7 Å². The molecule has 9 rings (SSSR count). The minimum absolute atomic E-state index is 0.590. The second-order valence-electron chi connectivity index (χ2n) is 12.0. The zero-order chi connectivity index (χ0) is 32.2. The number of fused-ring (bicyclic) bond motifs is 6. The van der Waals surface area contributed by atoms with Crippen LogP contribution in [0.5, 0.6) is 0 Å². The average Bonchev–Trinajstić information content (AvgIpc) is 3.67. The van der Waals surface area contributed by atoms with E-state index in [1.54, 1.807) is 0 Å². The molecule has 0 fully saturated rings. The molecule has 0 spiro atoms. The van der Waals surface area contributed by atoms with E-state index < -0.39 is 0 Å². The third kappa shape index (κ3) is 4.07. The van der Waals surface area contributed by atoms with E-state index in [9.17, 15) is 10.5 Å². The van der Waals surface area contributed by atoms with Crippen molar-refractivity contribution in [3.05, 3.63) is 169 Å². The van der Waals surface area contributed by atoms with Crippen LogP contribution in [0.15, 0.2) is 158 Å². The number of para-hydroxylation sites is 4. The molecule has 0 unspecified atom stereocenters. The van der Waals surface area contributed by atoms with Crippen molar-refractivity contribution in [3.8, 4) is 45.8 Å². The smallest absolute Gasteiger partial charge is 0.101 e. The van der Waals surface area contributed by atoms with E-state index >= 15 is 0 Å². The van der Waals surface area contributed by atoms with Crippen LogP contribution in [0.4, 0.5) is 0 Å². The fourth-order valence-electron chi connectivity index (χ4n) is 7.33. The molecule has 48 heavy (non-hydrogen) atoms. The molecule has 0 amide bonds. The lowest BCUT2D eigenvalue weighted by molar-refractivity contribution is 1.17. The van der Waals surface area contributed by atoms with Gasteiger partial charge in [0.25, 0.3) is 0 Å². The summed E-state index contributed by atoms with van der Waals surface area (Å²) in [7, 11) is 0. The summed E-state index contributed by atoms with van der Waals surface area (Å²) in [5.41, 5.74) is 11.9. The van der Waals surface area contributed by atoms with E-state index in [0.717, 1.165) is 55.4 Å². The van der Waals surface area contributed by atoms with E-state index in [2.05, 4.69) is 137 Å². The SMILES string of the molecule is N#Cc1ccc2c(c1)c1ccc(-c3ccccc3-c3cccc4c5ccccc5n(-c5ccccc5)c34)cc1n2-c1ccccc1C#N. The van der Waals surface area contributed by atoms with Gasteiger partial charge in [0.2, 0.25) is 0 Å². The molecule has 0 saturated carbocycles. The summed E-state index contributed by atoms with van der Waals surface area (Å²) < 4.78 is 4.54. The maximum Gasteiger partial charge on any atom is 0.101 e. The van der Waals surface area contributed by atoms with E-state index in [0.29, 0.717) is 11.1 Å². The van der Waals surface area contributed by atoms with Crippen molar-refractivity contribution in [2.75, 3.05) is 0 Å². The fourth-order valence-corrected chi connectivity index (χ4v) is 7.33. The van der Waals surface area contributed by atoms with Gasteiger partial charge in [-0.1, -0.05) is 103 Å². The van der Waals surface area contributed by atoms with Gasteiger partial charge in [-0.05, 0) is 71.3 Å². The van der Waals surface area contributed by atoms with E-state index in [1.165, 1.54) is 21.8 Å². The summed E-state index contributed by atoms with van der Waals surface area (Å²) in [6.07, 6.45) is 0. The van der Waals surface area contributed by atoms with Crippen LogP contribution in [0.25, 0.3) is 77.2 Å². The molecule has 0 bridgehead atoms. The second-order valence-corrected chi connectivity index (χ2v) is 12.0. The van der Waals surface area contributed by atoms with Crippen LogP contribution in [-0.4, -0.2) is 9.13 Å². The number of hydrogen-bond donors (Lipinski definition) is 0. The third-order valence-corrected chi connectivity index (χ3v) is 9.40. The Morgan fingerprint density at radius 1 is 0.417 bits per heavy atom. The molecule has 4 heteroatoms. The van der Waals surface area contributed by atoms with Crippen molar-refractivity contribution in [3.63, 3.8) is 0 Å². The topological polar surface area (TPSA) is 57.4 Å². The Morgan fingerprint density at radius 2 is 1.10 bits per heavy atom. The summed E-state index contributed by atoms with van der Waals surface area (Å²) in [5.74, 6) is 0. The number of benzene rings is 7. The van der Waals surface area contributed by atoms with Crippen LogP contribution in [-0.2, 0) is 0 Å². The molecule has 2 heterocycles. The summed E-state index contributed by atoms with van der Waals surface area (Å²) in [6, 6.07) is 59.1. The molecule has 0 saturated heterocycles. The average molecular weight is 611 g/mol. The van der Waals surface area contributed by atoms with Crippen molar-refractivity contribution >= 4 is 43.6 Å². The first-order valence-electron chi connectivity index (χ1n) is 15.9. The van der Waals surface area contributed by atoms with Crippen molar-refractivity contribution in [1.82, 2.24) is 9.13 Å². The van der Waals surface area contributed by atoms with Crippen LogP contribution >= 0.6 is 0 Å². The largest absolute Gasteiger partial charge is 0.309 e. The summed E-state index contributed by atoms with van der Waals surface area (Å²) in [6.45, 7) is 0. The van der Waals surface area contributed by atoms with Crippen molar-refractivity contribution in [2.24, 2.45) is 0 Å². The maximum atomic E-state index is 10.1.